The first-order valence-electron chi connectivity index (χ1n) is 9.96. The van der Waals surface area contributed by atoms with Crippen LogP contribution < -0.4 is 9.80 Å². The topological polar surface area (TPSA) is 40.6 Å². The molecule has 148 valence electrons. The number of nitrogens with zero attached hydrogens (tertiary/aromatic N) is 2. The summed E-state index contributed by atoms with van der Waals surface area (Å²) < 4.78 is 0. The van der Waals surface area contributed by atoms with E-state index < -0.39 is 0 Å². The minimum atomic E-state index is -0.284. The maximum Gasteiger partial charge on any atom is 0.266 e. The van der Waals surface area contributed by atoms with Gasteiger partial charge >= 0.3 is 0 Å². The van der Waals surface area contributed by atoms with Crippen LogP contribution in [0.4, 0.5) is 22.7 Å². The Morgan fingerprint density at radius 3 is 1.58 bits per heavy atom. The third-order valence-electron chi connectivity index (χ3n) is 5.57. The molecule has 2 amide bonds. The summed E-state index contributed by atoms with van der Waals surface area (Å²) in [6.07, 6.45) is 0. The van der Waals surface area contributed by atoms with Gasteiger partial charge in [-0.3, -0.25) is 9.59 Å². The van der Waals surface area contributed by atoms with Gasteiger partial charge in [-0.25, -0.2) is 4.90 Å². The van der Waals surface area contributed by atoms with Gasteiger partial charge in [-0.2, -0.15) is 0 Å². The van der Waals surface area contributed by atoms with Crippen LogP contribution in [0.5, 0.6) is 0 Å². The molecule has 0 radical (unpaired) electrons. The highest BCUT2D eigenvalue weighted by Gasteiger charge is 2.36. The van der Waals surface area contributed by atoms with Crippen molar-refractivity contribution in [3.05, 3.63) is 108 Å². The van der Waals surface area contributed by atoms with Gasteiger partial charge in [0.2, 0.25) is 0 Å². The average Bonchev–Trinajstić information content (AvgIpc) is 3.07. The van der Waals surface area contributed by atoms with Gasteiger partial charge in [0.15, 0.2) is 0 Å². The number of hydrogen-bond acceptors (Lipinski definition) is 4. The number of rotatable bonds is 2. The molecular weight excluding hydrogens is 404 g/mol. The van der Waals surface area contributed by atoms with E-state index in [2.05, 4.69) is 29.2 Å². The number of anilines is 4. The predicted molar refractivity (Wildman–Crippen MR) is 123 cm³/mol. The number of fused-ring (bicyclic) bond motifs is 3. The van der Waals surface area contributed by atoms with Gasteiger partial charge in [0.25, 0.3) is 11.8 Å². The van der Waals surface area contributed by atoms with E-state index in [-0.39, 0.29) is 11.8 Å². The highest BCUT2D eigenvalue weighted by molar-refractivity contribution is 7.99. The Bertz CT molecular complexity index is 1300. The van der Waals surface area contributed by atoms with Crippen molar-refractivity contribution in [3.63, 3.8) is 0 Å². The Kier molecular flexibility index (Phi) is 3.98. The Morgan fingerprint density at radius 2 is 1.00 bits per heavy atom. The highest BCUT2D eigenvalue weighted by Crippen LogP contribution is 2.51. The maximum atomic E-state index is 13.0. The van der Waals surface area contributed by atoms with E-state index in [1.54, 1.807) is 36.0 Å². The number of amides is 2. The average molecular weight is 420 g/mol. The molecule has 6 rings (SSSR count). The van der Waals surface area contributed by atoms with Crippen LogP contribution in [-0.4, -0.2) is 11.8 Å². The summed E-state index contributed by atoms with van der Waals surface area (Å²) in [7, 11) is 0. The van der Waals surface area contributed by atoms with Crippen molar-refractivity contribution in [2.24, 2.45) is 0 Å². The molecule has 0 N–H and O–H groups in total. The minimum Gasteiger partial charge on any atom is -0.308 e. The molecule has 4 aromatic carbocycles. The lowest BCUT2D eigenvalue weighted by Gasteiger charge is -2.33. The van der Waals surface area contributed by atoms with Crippen molar-refractivity contribution in [2.45, 2.75) is 9.79 Å². The number of carbonyl (C=O) groups is 2. The normalized spacial score (nSPS) is 14.3. The zero-order valence-electron chi connectivity index (χ0n) is 16.4. The van der Waals surface area contributed by atoms with Crippen LogP contribution in [0, 0.1) is 0 Å². The van der Waals surface area contributed by atoms with Crippen molar-refractivity contribution >= 4 is 46.3 Å². The Balaban J connectivity index is 1.49. The molecule has 0 aromatic heterocycles. The van der Waals surface area contributed by atoms with Gasteiger partial charge < -0.3 is 4.90 Å². The Morgan fingerprint density at radius 1 is 0.516 bits per heavy atom. The van der Waals surface area contributed by atoms with Gasteiger partial charge in [-0.15, -0.1) is 0 Å². The zero-order valence-corrected chi connectivity index (χ0v) is 17.2. The van der Waals surface area contributed by atoms with E-state index in [0.717, 1.165) is 26.9 Å². The molecule has 2 heterocycles. The summed E-state index contributed by atoms with van der Waals surface area (Å²) in [4.78, 5) is 31.7. The second-order valence-electron chi connectivity index (χ2n) is 7.38. The predicted octanol–water partition coefficient (Wildman–Crippen LogP) is 6.42. The first-order valence-corrected chi connectivity index (χ1v) is 10.8. The number of imide groups is 1. The summed E-state index contributed by atoms with van der Waals surface area (Å²) in [5.74, 6) is -0.569. The van der Waals surface area contributed by atoms with Gasteiger partial charge in [0.1, 0.15) is 0 Å². The molecular formula is C26H16N2O2S. The van der Waals surface area contributed by atoms with Crippen LogP contribution in [0.25, 0.3) is 0 Å². The maximum absolute atomic E-state index is 13.0. The fraction of sp³-hybridized carbons (Fsp3) is 0. The quantitative estimate of drug-likeness (QED) is 0.309. The molecule has 0 fully saturated rings. The molecule has 4 nitrogen and oxygen atoms in total. The first-order chi connectivity index (χ1) is 15.2. The molecule has 0 bridgehead atoms. The van der Waals surface area contributed by atoms with Gasteiger partial charge in [0.05, 0.1) is 28.2 Å². The van der Waals surface area contributed by atoms with Crippen molar-refractivity contribution in [3.8, 4) is 0 Å². The lowest BCUT2D eigenvalue weighted by molar-refractivity contribution is 0.0926. The lowest BCUT2D eigenvalue weighted by atomic mass is 10.1. The molecule has 0 saturated heterocycles. The van der Waals surface area contributed by atoms with Gasteiger partial charge in [0, 0.05) is 15.5 Å². The Labute approximate surface area is 183 Å². The summed E-state index contributed by atoms with van der Waals surface area (Å²) in [5.41, 5.74) is 4.51. The van der Waals surface area contributed by atoms with Crippen LogP contribution in [0.3, 0.4) is 0 Å². The fourth-order valence-corrected chi connectivity index (χ4v) is 5.24. The van der Waals surface area contributed by atoms with Crippen molar-refractivity contribution in [2.75, 3.05) is 9.80 Å². The minimum absolute atomic E-state index is 0.284. The molecule has 0 saturated carbocycles. The second-order valence-corrected chi connectivity index (χ2v) is 8.47. The van der Waals surface area contributed by atoms with Crippen LogP contribution in [0.15, 0.2) is 107 Å². The van der Waals surface area contributed by atoms with E-state index in [9.17, 15) is 9.59 Å². The van der Waals surface area contributed by atoms with E-state index in [1.165, 1.54) is 4.90 Å². The number of hydrogen-bond donors (Lipinski definition) is 0. The van der Waals surface area contributed by atoms with Gasteiger partial charge in [-0.05, 0) is 54.6 Å². The molecule has 2 aliphatic heterocycles. The molecule has 0 unspecified atom stereocenters. The van der Waals surface area contributed by atoms with Gasteiger partial charge in [-0.1, -0.05) is 54.2 Å². The van der Waals surface area contributed by atoms with Crippen molar-refractivity contribution in [1.82, 2.24) is 0 Å². The highest BCUT2D eigenvalue weighted by atomic mass is 32.2. The molecule has 0 atom stereocenters. The zero-order chi connectivity index (χ0) is 20.9. The van der Waals surface area contributed by atoms with Crippen molar-refractivity contribution in [1.29, 1.82) is 0 Å². The molecule has 2 aliphatic rings. The van der Waals surface area contributed by atoms with Crippen LogP contribution in [0.2, 0.25) is 0 Å². The van der Waals surface area contributed by atoms with Crippen molar-refractivity contribution < 1.29 is 9.59 Å². The molecule has 4 aromatic rings. The van der Waals surface area contributed by atoms with E-state index in [0.29, 0.717) is 16.8 Å². The summed E-state index contributed by atoms with van der Waals surface area (Å²) >= 11 is 1.74. The van der Waals surface area contributed by atoms with E-state index in [1.807, 2.05) is 48.5 Å². The molecule has 31 heavy (non-hydrogen) atoms. The number of para-hydroxylation sites is 2. The van der Waals surface area contributed by atoms with E-state index >= 15 is 0 Å². The lowest BCUT2D eigenvalue weighted by Crippen LogP contribution is -2.29. The third-order valence-corrected chi connectivity index (χ3v) is 6.70. The third kappa shape index (κ3) is 2.71. The first kappa shape index (κ1) is 18.0. The second kappa shape index (κ2) is 6.86. The molecule has 0 aliphatic carbocycles. The monoisotopic (exact) mass is 420 g/mol. The number of benzene rings is 4. The smallest absolute Gasteiger partial charge is 0.266 e. The van der Waals surface area contributed by atoms with E-state index in [4.69, 9.17) is 0 Å². The summed E-state index contributed by atoms with van der Waals surface area (Å²) in [6.45, 7) is 0. The molecule has 5 heteroatoms. The van der Waals surface area contributed by atoms with Crippen LogP contribution >= 0.6 is 11.8 Å². The number of carbonyl (C=O) groups excluding carboxylic acids is 2. The van der Waals surface area contributed by atoms with Crippen LogP contribution in [0.1, 0.15) is 20.7 Å². The van der Waals surface area contributed by atoms with Crippen LogP contribution in [-0.2, 0) is 0 Å². The largest absolute Gasteiger partial charge is 0.308 e. The Hall–Kier alpha value is -3.83. The summed E-state index contributed by atoms with van der Waals surface area (Å²) in [5, 5.41) is 0. The molecule has 0 spiro atoms. The summed E-state index contributed by atoms with van der Waals surface area (Å²) in [6, 6.07) is 31.1. The SMILES string of the molecule is O=C1c2ccccc2C(=O)N1c1cccc(N2c3ccccc3Sc3ccccc32)c1. The standard InChI is InChI=1S/C26H16N2O2S/c29-25-19-10-1-2-11-20(19)26(30)28(25)18-9-7-8-17(16-18)27-21-12-3-5-14-23(21)31-24-15-6-4-13-22(24)27/h1-16H. The fourth-order valence-electron chi connectivity index (χ4n) is 4.18.